The van der Waals surface area contributed by atoms with Gasteiger partial charge in [0.2, 0.25) is 0 Å². The number of hydrogen-bond donors (Lipinski definition) is 1. The van der Waals surface area contributed by atoms with Gasteiger partial charge in [0.15, 0.2) is 0 Å². The quantitative estimate of drug-likeness (QED) is 0.684. The first-order valence-corrected chi connectivity index (χ1v) is 5.16. The van der Waals surface area contributed by atoms with Crippen LogP contribution in [0.15, 0.2) is 0 Å². The molecule has 0 aromatic rings. The van der Waals surface area contributed by atoms with Gasteiger partial charge in [-0.2, -0.15) is 0 Å². The van der Waals surface area contributed by atoms with Crippen molar-refractivity contribution < 1.29 is 5.11 Å². The summed E-state index contributed by atoms with van der Waals surface area (Å²) in [4.78, 5) is 2.41. The second-order valence-electron chi connectivity index (χ2n) is 4.54. The highest BCUT2D eigenvalue weighted by atomic mass is 16.3. The minimum atomic E-state index is -0.0656. The molecule has 0 bridgehead atoms. The zero-order chi connectivity index (χ0) is 8.55. The Balaban J connectivity index is 1.67. The minimum absolute atomic E-state index is 0.0656. The topological polar surface area (TPSA) is 23.5 Å². The van der Waals surface area contributed by atoms with Crippen molar-refractivity contribution in [1.29, 1.82) is 0 Å². The van der Waals surface area contributed by atoms with E-state index in [9.17, 15) is 5.11 Å². The smallest absolute Gasteiger partial charge is 0.0704 e. The van der Waals surface area contributed by atoms with Crippen LogP contribution in [0.3, 0.4) is 0 Å². The fraction of sp³-hybridized carbons (Fsp3) is 1.00. The van der Waals surface area contributed by atoms with Crippen molar-refractivity contribution in [2.75, 3.05) is 19.6 Å². The Morgan fingerprint density at radius 3 is 2.58 bits per heavy atom. The molecular weight excluding hydrogens is 150 g/mol. The van der Waals surface area contributed by atoms with Crippen molar-refractivity contribution in [2.24, 2.45) is 11.8 Å². The molecule has 1 saturated heterocycles. The third-order valence-corrected chi connectivity index (χ3v) is 3.20. The van der Waals surface area contributed by atoms with Crippen LogP contribution in [0, 0.1) is 11.8 Å². The van der Waals surface area contributed by atoms with Crippen molar-refractivity contribution in [3.05, 3.63) is 0 Å². The SMILES string of the molecule is CC1CN(CCC2CC2)CC1O. The largest absolute Gasteiger partial charge is 0.391 e. The third kappa shape index (κ3) is 1.99. The molecule has 12 heavy (non-hydrogen) atoms. The van der Waals surface area contributed by atoms with E-state index in [-0.39, 0.29) is 6.10 Å². The van der Waals surface area contributed by atoms with Crippen LogP contribution >= 0.6 is 0 Å². The van der Waals surface area contributed by atoms with Crippen LogP contribution in [0.25, 0.3) is 0 Å². The second-order valence-corrected chi connectivity index (χ2v) is 4.54. The molecule has 1 heterocycles. The third-order valence-electron chi connectivity index (χ3n) is 3.20. The highest BCUT2D eigenvalue weighted by Crippen LogP contribution is 2.32. The Kier molecular flexibility index (Phi) is 2.37. The number of aliphatic hydroxyl groups excluding tert-OH is 1. The number of hydrogen-bond acceptors (Lipinski definition) is 2. The number of aliphatic hydroxyl groups is 1. The lowest BCUT2D eigenvalue weighted by atomic mass is 10.1. The second kappa shape index (κ2) is 3.35. The van der Waals surface area contributed by atoms with Crippen LogP contribution in [0.4, 0.5) is 0 Å². The van der Waals surface area contributed by atoms with Gasteiger partial charge in [0, 0.05) is 13.1 Å². The van der Waals surface area contributed by atoms with Crippen molar-refractivity contribution in [2.45, 2.75) is 32.3 Å². The zero-order valence-electron chi connectivity index (χ0n) is 7.87. The van der Waals surface area contributed by atoms with Crippen molar-refractivity contribution in [1.82, 2.24) is 4.90 Å². The summed E-state index contributed by atoms with van der Waals surface area (Å²) in [6, 6.07) is 0. The van der Waals surface area contributed by atoms with Gasteiger partial charge in [-0.05, 0) is 24.8 Å². The van der Waals surface area contributed by atoms with E-state index in [0.29, 0.717) is 5.92 Å². The summed E-state index contributed by atoms with van der Waals surface area (Å²) in [6.45, 7) is 5.37. The maximum atomic E-state index is 9.51. The molecule has 2 atom stereocenters. The molecular formula is C10H19NO. The molecule has 70 valence electrons. The molecule has 1 saturated carbocycles. The lowest BCUT2D eigenvalue weighted by Crippen LogP contribution is -2.23. The molecule has 0 aromatic heterocycles. The summed E-state index contributed by atoms with van der Waals surface area (Å²) in [6.07, 6.45) is 4.20. The molecule has 2 rings (SSSR count). The molecule has 2 unspecified atom stereocenters. The van der Waals surface area contributed by atoms with Crippen molar-refractivity contribution in [3.63, 3.8) is 0 Å². The van der Waals surface area contributed by atoms with Gasteiger partial charge in [-0.1, -0.05) is 19.8 Å². The highest BCUT2D eigenvalue weighted by Gasteiger charge is 2.29. The van der Waals surface area contributed by atoms with Gasteiger partial charge in [0.1, 0.15) is 0 Å². The van der Waals surface area contributed by atoms with E-state index < -0.39 is 0 Å². The Bertz CT molecular complexity index is 146. The molecule has 0 aromatic carbocycles. The molecule has 2 fully saturated rings. The average Bonchev–Trinajstić information content (AvgIpc) is 2.78. The Hall–Kier alpha value is -0.0800. The first kappa shape index (κ1) is 8.52. The summed E-state index contributed by atoms with van der Waals surface area (Å²) in [5.74, 6) is 1.52. The van der Waals surface area contributed by atoms with E-state index in [0.717, 1.165) is 19.0 Å². The Morgan fingerprint density at radius 1 is 1.33 bits per heavy atom. The standard InChI is InChI=1S/C10H19NO/c1-8-6-11(7-10(8)12)5-4-9-2-3-9/h8-10,12H,2-7H2,1H3. The van der Waals surface area contributed by atoms with Gasteiger partial charge in [-0.25, -0.2) is 0 Å². The van der Waals surface area contributed by atoms with Crippen LogP contribution in [-0.2, 0) is 0 Å². The van der Waals surface area contributed by atoms with Gasteiger partial charge >= 0.3 is 0 Å². The number of nitrogens with zero attached hydrogens (tertiary/aromatic N) is 1. The molecule has 2 aliphatic rings. The lowest BCUT2D eigenvalue weighted by molar-refractivity contribution is 0.148. The predicted octanol–water partition coefficient (Wildman–Crippen LogP) is 1.10. The zero-order valence-corrected chi connectivity index (χ0v) is 7.87. The number of likely N-dealkylation sites (tertiary alicyclic amines) is 1. The maximum absolute atomic E-state index is 9.51. The first-order chi connectivity index (χ1) is 5.75. The molecule has 0 radical (unpaired) electrons. The van der Waals surface area contributed by atoms with E-state index in [1.807, 2.05) is 0 Å². The summed E-state index contributed by atoms with van der Waals surface area (Å²) in [7, 11) is 0. The van der Waals surface area contributed by atoms with Gasteiger partial charge in [0.25, 0.3) is 0 Å². The highest BCUT2D eigenvalue weighted by molar-refractivity contribution is 4.82. The molecule has 1 aliphatic carbocycles. The normalized spacial score (nSPS) is 37.5. The molecule has 1 aliphatic heterocycles. The average molecular weight is 169 g/mol. The minimum Gasteiger partial charge on any atom is -0.391 e. The van der Waals surface area contributed by atoms with Gasteiger partial charge < -0.3 is 10.0 Å². The summed E-state index contributed by atoms with van der Waals surface area (Å²) < 4.78 is 0. The van der Waals surface area contributed by atoms with Crippen molar-refractivity contribution in [3.8, 4) is 0 Å². The van der Waals surface area contributed by atoms with E-state index in [1.54, 1.807) is 0 Å². The Labute approximate surface area is 74.6 Å². The van der Waals surface area contributed by atoms with Crippen LogP contribution in [0.5, 0.6) is 0 Å². The molecule has 2 heteroatoms. The predicted molar refractivity (Wildman–Crippen MR) is 49.0 cm³/mol. The van der Waals surface area contributed by atoms with E-state index in [1.165, 1.54) is 25.8 Å². The van der Waals surface area contributed by atoms with Crippen LogP contribution in [0.2, 0.25) is 0 Å². The molecule has 0 amide bonds. The first-order valence-electron chi connectivity index (χ1n) is 5.16. The monoisotopic (exact) mass is 169 g/mol. The fourth-order valence-corrected chi connectivity index (χ4v) is 2.00. The maximum Gasteiger partial charge on any atom is 0.0704 e. The van der Waals surface area contributed by atoms with Gasteiger partial charge in [0.05, 0.1) is 6.10 Å². The van der Waals surface area contributed by atoms with Gasteiger partial charge in [-0.15, -0.1) is 0 Å². The number of β-amino-alcohol motifs (C(OH)–C–C–N with tert-alkyl or cyclic N) is 1. The van der Waals surface area contributed by atoms with E-state index in [2.05, 4.69) is 11.8 Å². The van der Waals surface area contributed by atoms with E-state index in [4.69, 9.17) is 0 Å². The summed E-state index contributed by atoms with van der Waals surface area (Å²) in [5, 5.41) is 9.51. The number of rotatable bonds is 3. The molecule has 0 spiro atoms. The van der Waals surface area contributed by atoms with E-state index >= 15 is 0 Å². The van der Waals surface area contributed by atoms with Crippen molar-refractivity contribution >= 4 is 0 Å². The summed E-state index contributed by atoms with van der Waals surface area (Å²) >= 11 is 0. The van der Waals surface area contributed by atoms with Crippen LogP contribution < -0.4 is 0 Å². The van der Waals surface area contributed by atoms with Crippen LogP contribution in [0.1, 0.15) is 26.2 Å². The molecule has 2 nitrogen and oxygen atoms in total. The van der Waals surface area contributed by atoms with Gasteiger partial charge in [-0.3, -0.25) is 0 Å². The Morgan fingerprint density at radius 2 is 2.08 bits per heavy atom. The van der Waals surface area contributed by atoms with Crippen LogP contribution in [-0.4, -0.2) is 35.7 Å². The molecule has 1 N–H and O–H groups in total. The fourth-order valence-electron chi connectivity index (χ4n) is 2.00. The lowest BCUT2D eigenvalue weighted by Gasteiger charge is -2.13. The summed E-state index contributed by atoms with van der Waals surface area (Å²) in [5.41, 5.74) is 0.